The third-order valence-electron chi connectivity index (χ3n) is 4.13. The molecule has 1 aromatic rings. The number of rotatable bonds is 5. The second kappa shape index (κ2) is 6.79. The Hall–Kier alpha value is -1.77. The summed E-state index contributed by atoms with van der Waals surface area (Å²) in [5, 5.41) is 6.38. The minimum absolute atomic E-state index is 0.0553. The summed E-state index contributed by atoms with van der Waals surface area (Å²) in [5.74, 6) is -0.0553. The van der Waals surface area contributed by atoms with E-state index in [1.165, 1.54) is 25.7 Å². The van der Waals surface area contributed by atoms with E-state index in [-0.39, 0.29) is 5.91 Å². The fraction of sp³-hybridized carbons (Fsp3) is 0.500. The van der Waals surface area contributed by atoms with Crippen LogP contribution in [0.3, 0.4) is 0 Å². The van der Waals surface area contributed by atoms with Gasteiger partial charge in [0.2, 0.25) is 0 Å². The van der Waals surface area contributed by atoms with Crippen LogP contribution in [0.2, 0.25) is 0 Å². The van der Waals surface area contributed by atoms with Crippen molar-refractivity contribution in [2.45, 2.75) is 45.6 Å². The molecule has 2 rings (SSSR count). The number of hydrogen-bond donors (Lipinski definition) is 2. The van der Waals surface area contributed by atoms with Crippen LogP contribution in [0, 0.1) is 5.41 Å². The summed E-state index contributed by atoms with van der Waals surface area (Å²) < 4.78 is 0. The van der Waals surface area contributed by atoms with Crippen molar-refractivity contribution >= 4 is 11.6 Å². The Morgan fingerprint density at radius 3 is 2.71 bits per heavy atom. The van der Waals surface area contributed by atoms with Crippen molar-refractivity contribution in [3.63, 3.8) is 0 Å². The Labute approximate surface area is 127 Å². The van der Waals surface area contributed by atoms with Gasteiger partial charge in [-0.25, -0.2) is 0 Å². The molecule has 1 aromatic carbocycles. The number of amides is 1. The number of benzene rings is 1. The van der Waals surface area contributed by atoms with Crippen LogP contribution in [-0.4, -0.2) is 18.5 Å². The fourth-order valence-corrected chi connectivity index (χ4v) is 3.04. The van der Waals surface area contributed by atoms with Crippen LogP contribution in [0.15, 0.2) is 36.9 Å². The van der Waals surface area contributed by atoms with Gasteiger partial charge in [0.15, 0.2) is 0 Å². The smallest absolute Gasteiger partial charge is 0.251 e. The predicted octanol–water partition coefficient (Wildman–Crippen LogP) is 3.98. The molecule has 0 aliphatic heterocycles. The molecule has 114 valence electrons. The molecular formula is C18H26N2O. The molecule has 1 atom stereocenters. The van der Waals surface area contributed by atoms with Gasteiger partial charge in [0.25, 0.3) is 5.91 Å². The van der Waals surface area contributed by atoms with Gasteiger partial charge in [-0.2, -0.15) is 0 Å². The van der Waals surface area contributed by atoms with Crippen molar-refractivity contribution in [2.24, 2.45) is 5.41 Å². The van der Waals surface area contributed by atoms with E-state index in [0.717, 1.165) is 5.69 Å². The lowest BCUT2D eigenvalue weighted by Crippen LogP contribution is -2.31. The molecule has 0 bridgehead atoms. The summed E-state index contributed by atoms with van der Waals surface area (Å²) in [6, 6.07) is 8.26. The molecule has 1 aliphatic rings. The molecule has 0 spiro atoms. The third-order valence-corrected chi connectivity index (χ3v) is 4.13. The van der Waals surface area contributed by atoms with Crippen molar-refractivity contribution < 1.29 is 4.79 Å². The SMILES string of the molecule is C=CCNC(=O)c1ccc(NC2CCCC(C)(C)C2)cc1. The number of carbonyl (C=O) groups excluding carboxylic acids is 1. The molecule has 1 unspecified atom stereocenters. The quantitative estimate of drug-likeness (QED) is 0.804. The zero-order chi connectivity index (χ0) is 15.3. The molecule has 2 N–H and O–H groups in total. The van der Waals surface area contributed by atoms with Crippen molar-refractivity contribution in [2.75, 3.05) is 11.9 Å². The van der Waals surface area contributed by atoms with Gasteiger partial charge in [-0.1, -0.05) is 26.3 Å². The van der Waals surface area contributed by atoms with Crippen LogP contribution in [0.4, 0.5) is 5.69 Å². The third kappa shape index (κ3) is 4.62. The van der Waals surface area contributed by atoms with Crippen molar-refractivity contribution in [1.29, 1.82) is 0 Å². The van der Waals surface area contributed by atoms with Crippen molar-refractivity contribution in [3.05, 3.63) is 42.5 Å². The maximum Gasteiger partial charge on any atom is 0.251 e. The highest BCUT2D eigenvalue weighted by molar-refractivity contribution is 5.94. The first kappa shape index (κ1) is 15.6. The zero-order valence-corrected chi connectivity index (χ0v) is 13.1. The van der Waals surface area contributed by atoms with E-state index in [2.05, 4.69) is 31.1 Å². The molecule has 1 fully saturated rings. The minimum Gasteiger partial charge on any atom is -0.382 e. The summed E-state index contributed by atoms with van der Waals surface area (Å²) >= 11 is 0. The van der Waals surface area contributed by atoms with Crippen molar-refractivity contribution in [3.8, 4) is 0 Å². The highest BCUT2D eigenvalue weighted by Gasteiger charge is 2.27. The van der Waals surface area contributed by atoms with E-state index in [4.69, 9.17) is 0 Å². The zero-order valence-electron chi connectivity index (χ0n) is 13.1. The molecule has 0 saturated heterocycles. The Morgan fingerprint density at radius 2 is 2.10 bits per heavy atom. The highest BCUT2D eigenvalue weighted by atomic mass is 16.1. The normalized spacial score (nSPS) is 20.6. The topological polar surface area (TPSA) is 41.1 Å². The van der Waals surface area contributed by atoms with E-state index in [9.17, 15) is 4.79 Å². The largest absolute Gasteiger partial charge is 0.382 e. The maximum atomic E-state index is 11.8. The first-order valence-corrected chi connectivity index (χ1v) is 7.76. The Kier molecular flexibility index (Phi) is 5.05. The molecule has 3 nitrogen and oxygen atoms in total. The highest BCUT2D eigenvalue weighted by Crippen LogP contribution is 2.36. The Morgan fingerprint density at radius 1 is 1.38 bits per heavy atom. The molecule has 1 saturated carbocycles. The van der Waals surface area contributed by atoms with Crippen LogP contribution in [0.1, 0.15) is 49.9 Å². The van der Waals surface area contributed by atoms with Crippen molar-refractivity contribution in [1.82, 2.24) is 5.32 Å². The first-order chi connectivity index (χ1) is 10.00. The Balaban J connectivity index is 1.93. The minimum atomic E-state index is -0.0553. The van der Waals surface area contributed by atoms with Crippen LogP contribution < -0.4 is 10.6 Å². The van der Waals surface area contributed by atoms with Gasteiger partial charge >= 0.3 is 0 Å². The number of nitrogens with one attached hydrogen (secondary N) is 2. The van der Waals surface area contributed by atoms with E-state index in [1.54, 1.807) is 6.08 Å². The molecule has 1 aliphatic carbocycles. The monoisotopic (exact) mass is 286 g/mol. The molecule has 1 amide bonds. The molecule has 0 heterocycles. The number of hydrogen-bond acceptors (Lipinski definition) is 2. The van der Waals surface area contributed by atoms with E-state index < -0.39 is 0 Å². The average Bonchev–Trinajstić information content (AvgIpc) is 2.44. The number of anilines is 1. The molecule has 0 radical (unpaired) electrons. The van der Waals surface area contributed by atoms with Gasteiger partial charge in [-0.05, 0) is 48.9 Å². The second-order valence-corrected chi connectivity index (χ2v) is 6.68. The lowest BCUT2D eigenvalue weighted by molar-refractivity contribution is 0.0958. The lowest BCUT2D eigenvalue weighted by atomic mass is 9.75. The summed E-state index contributed by atoms with van der Waals surface area (Å²) in [6.07, 6.45) is 6.71. The van der Waals surface area contributed by atoms with Crippen LogP contribution in [0.5, 0.6) is 0 Å². The number of carbonyl (C=O) groups is 1. The fourth-order valence-electron chi connectivity index (χ4n) is 3.04. The summed E-state index contributed by atoms with van der Waals surface area (Å²) in [4.78, 5) is 11.8. The summed E-state index contributed by atoms with van der Waals surface area (Å²) in [7, 11) is 0. The van der Waals surface area contributed by atoms with E-state index in [1.807, 2.05) is 24.3 Å². The maximum absolute atomic E-state index is 11.8. The van der Waals surface area contributed by atoms with Gasteiger partial charge in [0.05, 0.1) is 0 Å². The molecule has 0 aromatic heterocycles. The van der Waals surface area contributed by atoms with Gasteiger partial charge in [0.1, 0.15) is 0 Å². The van der Waals surface area contributed by atoms with Gasteiger partial charge < -0.3 is 10.6 Å². The van der Waals surface area contributed by atoms with Gasteiger partial charge in [-0.15, -0.1) is 6.58 Å². The van der Waals surface area contributed by atoms with Gasteiger partial charge in [0, 0.05) is 23.8 Å². The Bertz CT molecular complexity index is 490. The summed E-state index contributed by atoms with van der Waals surface area (Å²) in [6.45, 7) is 8.77. The first-order valence-electron chi connectivity index (χ1n) is 7.76. The average molecular weight is 286 g/mol. The van der Waals surface area contributed by atoms with Crippen LogP contribution in [0.25, 0.3) is 0 Å². The summed E-state index contributed by atoms with van der Waals surface area (Å²) in [5.41, 5.74) is 2.21. The van der Waals surface area contributed by atoms with E-state index in [0.29, 0.717) is 23.6 Å². The molecular weight excluding hydrogens is 260 g/mol. The van der Waals surface area contributed by atoms with Crippen LogP contribution in [-0.2, 0) is 0 Å². The van der Waals surface area contributed by atoms with E-state index >= 15 is 0 Å². The molecule has 3 heteroatoms. The second-order valence-electron chi connectivity index (χ2n) is 6.68. The van der Waals surface area contributed by atoms with Gasteiger partial charge in [-0.3, -0.25) is 4.79 Å². The molecule has 21 heavy (non-hydrogen) atoms. The predicted molar refractivity (Wildman–Crippen MR) is 88.6 cm³/mol. The lowest BCUT2D eigenvalue weighted by Gasteiger charge is -2.36. The van der Waals surface area contributed by atoms with Crippen LogP contribution >= 0.6 is 0 Å². The standard InChI is InChI=1S/C18H26N2O/c1-4-12-19-17(21)14-7-9-15(10-8-14)20-16-6-5-11-18(2,3)13-16/h4,7-10,16,20H,1,5-6,11-13H2,2-3H3,(H,19,21).